The first-order valence-corrected chi connectivity index (χ1v) is 6.44. The average molecular weight is 228 g/mol. The number of aromatic hydroxyl groups is 1. The summed E-state index contributed by atoms with van der Waals surface area (Å²) in [6.45, 7) is 4.29. The van der Waals surface area contributed by atoms with Gasteiger partial charge >= 0.3 is 0 Å². The lowest BCUT2D eigenvalue weighted by molar-refractivity contribution is 0.472. The summed E-state index contributed by atoms with van der Waals surface area (Å²) >= 11 is 0. The molecule has 1 N–H and O–H groups in total. The van der Waals surface area contributed by atoms with Gasteiger partial charge in [0.05, 0.1) is 0 Å². The molecule has 0 atom stereocenters. The van der Waals surface area contributed by atoms with E-state index in [9.17, 15) is 5.11 Å². The van der Waals surface area contributed by atoms with E-state index in [1.165, 1.54) is 18.4 Å². The van der Waals surface area contributed by atoms with E-state index in [0.29, 0.717) is 5.75 Å². The first-order valence-electron chi connectivity index (χ1n) is 6.44. The van der Waals surface area contributed by atoms with Crippen LogP contribution >= 0.6 is 0 Å². The van der Waals surface area contributed by atoms with Crippen LogP contribution in [0, 0.1) is 6.92 Å². The van der Waals surface area contributed by atoms with E-state index < -0.39 is 0 Å². The van der Waals surface area contributed by atoms with E-state index in [0.717, 1.165) is 29.2 Å². The van der Waals surface area contributed by atoms with Gasteiger partial charge in [0.2, 0.25) is 0 Å². The van der Waals surface area contributed by atoms with E-state index in [1.54, 1.807) is 0 Å². The molecular weight excluding hydrogens is 208 g/mol. The maximum atomic E-state index is 10.3. The van der Waals surface area contributed by atoms with Crippen LogP contribution < -0.4 is 0 Å². The Bertz CT molecular complexity index is 514. The molecule has 0 unspecified atom stereocenters. The monoisotopic (exact) mass is 228 g/mol. The minimum Gasteiger partial charge on any atom is -0.507 e. The van der Waals surface area contributed by atoms with Crippen LogP contribution in [0.5, 0.6) is 5.75 Å². The zero-order chi connectivity index (χ0) is 12.3. The van der Waals surface area contributed by atoms with Gasteiger partial charge in [0.25, 0.3) is 0 Å². The maximum Gasteiger partial charge on any atom is 0.126 e. The Hall–Kier alpha value is -1.50. The summed E-state index contributed by atoms with van der Waals surface area (Å²) in [6.07, 6.45) is 4.58. The topological polar surface area (TPSA) is 20.2 Å². The number of hydrogen-bond donors (Lipinski definition) is 1. The van der Waals surface area contributed by atoms with Gasteiger partial charge in [0.1, 0.15) is 5.75 Å². The second-order valence-electron chi connectivity index (χ2n) is 4.70. The number of unbranched alkanes of at least 4 members (excludes halogenated alkanes) is 2. The van der Waals surface area contributed by atoms with Gasteiger partial charge < -0.3 is 5.11 Å². The number of benzene rings is 2. The summed E-state index contributed by atoms with van der Waals surface area (Å²) in [6, 6.07) is 10.2. The number of hydrogen-bond acceptors (Lipinski definition) is 1. The fourth-order valence-electron chi connectivity index (χ4n) is 2.38. The van der Waals surface area contributed by atoms with Crippen LogP contribution in [0.3, 0.4) is 0 Å². The fourth-order valence-corrected chi connectivity index (χ4v) is 2.38. The Balaban J connectivity index is 2.41. The minimum atomic E-state index is 0.483. The highest BCUT2D eigenvalue weighted by molar-refractivity contribution is 5.90. The summed E-state index contributed by atoms with van der Waals surface area (Å²) in [5.74, 6) is 0.483. The highest BCUT2D eigenvalue weighted by Crippen LogP contribution is 2.32. The molecule has 0 saturated heterocycles. The first-order chi connectivity index (χ1) is 8.24. The van der Waals surface area contributed by atoms with Crippen molar-refractivity contribution in [3.63, 3.8) is 0 Å². The Labute approximate surface area is 103 Å². The van der Waals surface area contributed by atoms with Gasteiger partial charge in [-0.05, 0) is 36.3 Å². The molecule has 0 aromatic heterocycles. The van der Waals surface area contributed by atoms with Gasteiger partial charge in [-0.3, -0.25) is 0 Å². The van der Waals surface area contributed by atoms with Gasteiger partial charge in [0.15, 0.2) is 0 Å². The number of phenolic OH excluding ortho intramolecular Hbond substituents is 1. The predicted molar refractivity (Wildman–Crippen MR) is 73.6 cm³/mol. The Morgan fingerprint density at radius 2 is 1.88 bits per heavy atom. The lowest BCUT2D eigenvalue weighted by atomic mass is 9.96. The van der Waals surface area contributed by atoms with Crippen molar-refractivity contribution in [2.75, 3.05) is 0 Å². The van der Waals surface area contributed by atoms with Crippen molar-refractivity contribution in [1.82, 2.24) is 0 Å². The summed E-state index contributed by atoms with van der Waals surface area (Å²) in [5, 5.41) is 12.4. The molecule has 0 amide bonds. The molecule has 1 heteroatoms. The molecule has 1 nitrogen and oxygen atoms in total. The molecule has 0 radical (unpaired) electrons. The zero-order valence-electron chi connectivity index (χ0n) is 10.7. The number of rotatable bonds is 4. The molecule has 0 aliphatic heterocycles. The fraction of sp³-hybridized carbons (Fsp3) is 0.375. The van der Waals surface area contributed by atoms with Crippen LogP contribution in [-0.4, -0.2) is 5.11 Å². The summed E-state index contributed by atoms with van der Waals surface area (Å²) in [5.41, 5.74) is 2.33. The Morgan fingerprint density at radius 3 is 2.65 bits per heavy atom. The van der Waals surface area contributed by atoms with Crippen molar-refractivity contribution in [2.45, 2.75) is 39.5 Å². The second kappa shape index (κ2) is 5.22. The smallest absolute Gasteiger partial charge is 0.126 e. The molecule has 2 aromatic carbocycles. The summed E-state index contributed by atoms with van der Waals surface area (Å²) in [7, 11) is 0. The first kappa shape index (κ1) is 12.0. The molecule has 0 spiro atoms. The third-order valence-corrected chi connectivity index (χ3v) is 3.38. The molecule has 17 heavy (non-hydrogen) atoms. The molecule has 0 bridgehead atoms. The molecular formula is C16H20O. The number of fused-ring (bicyclic) bond motifs is 1. The van der Waals surface area contributed by atoms with E-state index in [1.807, 2.05) is 18.2 Å². The number of aryl methyl sites for hydroxylation is 1. The highest BCUT2D eigenvalue weighted by Gasteiger charge is 2.09. The lowest BCUT2D eigenvalue weighted by Gasteiger charge is -2.11. The quantitative estimate of drug-likeness (QED) is 0.759. The predicted octanol–water partition coefficient (Wildman–Crippen LogP) is 4.59. The SMILES string of the molecule is CCCCCc1c(C)cc2ccccc2c1O. The van der Waals surface area contributed by atoms with Crippen LogP contribution in [0.2, 0.25) is 0 Å². The summed E-state index contributed by atoms with van der Waals surface area (Å²) in [4.78, 5) is 0. The van der Waals surface area contributed by atoms with Crippen molar-refractivity contribution in [3.8, 4) is 5.75 Å². The van der Waals surface area contributed by atoms with E-state index >= 15 is 0 Å². The Morgan fingerprint density at radius 1 is 1.12 bits per heavy atom. The van der Waals surface area contributed by atoms with Gasteiger partial charge in [-0.2, -0.15) is 0 Å². The van der Waals surface area contributed by atoms with E-state index in [-0.39, 0.29) is 0 Å². The van der Waals surface area contributed by atoms with Crippen molar-refractivity contribution < 1.29 is 5.11 Å². The third kappa shape index (κ3) is 2.44. The third-order valence-electron chi connectivity index (χ3n) is 3.38. The normalized spacial score (nSPS) is 10.9. The molecule has 0 fully saturated rings. The highest BCUT2D eigenvalue weighted by atomic mass is 16.3. The summed E-state index contributed by atoms with van der Waals surface area (Å²) < 4.78 is 0. The zero-order valence-corrected chi connectivity index (χ0v) is 10.7. The van der Waals surface area contributed by atoms with Crippen molar-refractivity contribution >= 4 is 10.8 Å². The molecule has 0 saturated carbocycles. The lowest BCUT2D eigenvalue weighted by Crippen LogP contribution is -1.92. The van der Waals surface area contributed by atoms with Gasteiger partial charge in [-0.25, -0.2) is 0 Å². The van der Waals surface area contributed by atoms with E-state index in [2.05, 4.69) is 26.0 Å². The maximum absolute atomic E-state index is 10.3. The standard InChI is InChI=1S/C16H20O/c1-3-4-5-9-14-12(2)11-13-8-6-7-10-15(13)16(14)17/h6-8,10-11,17H,3-5,9H2,1-2H3. The van der Waals surface area contributed by atoms with Crippen LogP contribution in [0.15, 0.2) is 30.3 Å². The largest absolute Gasteiger partial charge is 0.507 e. The van der Waals surface area contributed by atoms with Gasteiger partial charge in [-0.1, -0.05) is 50.1 Å². The van der Waals surface area contributed by atoms with Crippen LogP contribution in [-0.2, 0) is 6.42 Å². The van der Waals surface area contributed by atoms with Gasteiger partial charge in [-0.15, -0.1) is 0 Å². The Kier molecular flexibility index (Phi) is 3.68. The van der Waals surface area contributed by atoms with Crippen LogP contribution in [0.4, 0.5) is 0 Å². The van der Waals surface area contributed by atoms with Gasteiger partial charge in [0, 0.05) is 5.39 Å². The molecule has 90 valence electrons. The van der Waals surface area contributed by atoms with Crippen molar-refractivity contribution in [2.24, 2.45) is 0 Å². The molecule has 0 heterocycles. The minimum absolute atomic E-state index is 0.483. The molecule has 0 aliphatic rings. The molecule has 0 aliphatic carbocycles. The second-order valence-corrected chi connectivity index (χ2v) is 4.70. The number of phenols is 1. The van der Waals surface area contributed by atoms with Crippen molar-refractivity contribution in [1.29, 1.82) is 0 Å². The van der Waals surface area contributed by atoms with Crippen LogP contribution in [0.1, 0.15) is 37.3 Å². The molecule has 2 aromatic rings. The van der Waals surface area contributed by atoms with Crippen molar-refractivity contribution in [3.05, 3.63) is 41.5 Å². The average Bonchev–Trinajstić information content (AvgIpc) is 2.33. The molecule has 2 rings (SSSR count). The van der Waals surface area contributed by atoms with E-state index in [4.69, 9.17) is 0 Å². The van der Waals surface area contributed by atoms with Crippen LogP contribution in [0.25, 0.3) is 10.8 Å².